The monoisotopic (exact) mass is 606 g/mol. The molecule has 0 aliphatic heterocycles. The van der Waals surface area contributed by atoms with Crippen LogP contribution in [0.25, 0.3) is 6.08 Å². The number of carbonyl (C=O) groups excluding carboxylic acids is 1. The SMILES string of the molecule is CC(=CC=Cc1ccccc1)C(=O)OC(F)(F)C(F)(F)C(F)(F)C(F)(F)C(F)(F)C(F)(F)C(F)(F)C(F)(F)F. The molecule has 0 N–H and O–H groups in total. The molecule has 1 aromatic carbocycles. The zero-order chi connectivity index (χ0) is 31.1. The molecular weight excluding hydrogens is 595 g/mol. The Bertz CT molecular complexity index is 1090. The van der Waals surface area contributed by atoms with Crippen molar-refractivity contribution in [3.8, 4) is 0 Å². The van der Waals surface area contributed by atoms with Crippen LogP contribution in [0.2, 0.25) is 0 Å². The van der Waals surface area contributed by atoms with Gasteiger partial charge in [0.15, 0.2) is 0 Å². The summed E-state index contributed by atoms with van der Waals surface area (Å²) in [4.78, 5) is 11.6. The number of hydrogen-bond acceptors (Lipinski definition) is 2. The van der Waals surface area contributed by atoms with Crippen molar-refractivity contribution in [1.29, 1.82) is 0 Å². The Labute approximate surface area is 205 Å². The van der Waals surface area contributed by atoms with E-state index in [0.29, 0.717) is 18.6 Å². The zero-order valence-corrected chi connectivity index (χ0v) is 18.4. The maximum atomic E-state index is 13.7. The average molecular weight is 606 g/mol. The third-order valence-electron chi connectivity index (χ3n) is 4.67. The minimum absolute atomic E-state index is 0.391. The molecule has 0 fully saturated rings. The molecule has 2 nitrogen and oxygen atoms in total. The molecule has 0 saturated carbocycles. The normalized spacial score (nSPS) is 15.6. The van der Waals surface area contributed by atoms with Crippen molar-refractivity contribution in [3.05, 3.63) is 53.6 Å². The molecular formula is C20H11F17O2. The fraction of sp³-hybridized carbons (Fsp3) is 0.450. The van der Waals surface area contributed by atoms with E-state index in [0.717, 1.165) is 12.2 Å². The minimum atomic E-state index is -8.76. The van der Waals surface area contributed by atoms with Crippen molar-refractivity contribution in [3.63, 3.8) is 0 Å². The molecule has 39 heavy (non-hydrogen) atoms. The Morgan fingerprint density at radius 3 is 1.41 bits per heavy atom. The van der Waals surface area contributed by atoms with Gasteiger partial charge in [-0.1, -0.05) is 48.6 Å². The fourth-order valence-corrected chi connectivity index (χ4v) is 2.35. The Balaban J connectivity index is 3.40. The smallest absolute Gasteiger partial charge is 0.393 e. The van der Waals surface area contributed by atoms with Crippen LogP contribution in [0.1, 0.15) is 12.5 Å². The highest BCUT2D eigenvalue weighted by molar-refractivity contribution is 5.88. The van der Waals surface area contributed by atoms with E-state index in [1.54, 1.807) is 6.07 Å². The number of halogens is 17. The van der Waals surface area contributed by atoms with Crippen LogP contribution in [-0.2, 0) is 9.53 Å². The summed E-state index contributed by atoms with van der Waals surface area (Å²) in [7, 11) is 0. The van der Waals surface area contributed by atoms with Gasteiger partial charge in [0.05, 0.1) is 0 Å². The Morgan fingerprint density at radius 2 is 1.00 bits per heavy atom. The van der Waals surface area contributed by atoms with E-state index in [-0.39, 0.29) is 0 Å². The third kappa shape index (κ3) is 5.53. The summed E-state index contributed by atoms with van der Waals surface area (Å²) >= 11 is 0. The second-order valence-electron chi connectivity index (χ2n) is 7.47. The van der Waals surface area contributed by atoms with Gasteiger partial charge in [0.1, 0.15) is 0 Å². The molecule has 0 aliphatic rings. The minimum Gasteiger partial charge on any atom is -0.393 e. The van der Waals surface area contributed by atoms with Crippen LogP contribution in [0.4, 0.5) is 74.6 Å². The summed E-state index contributed by atoms with van der Waals surface area (Å²) in [5, 5.41) is 0. The molecule has 1 aromatic rings. The maximum absolute atomic E-state index is 13.7. The molecule has 0 saturated heterocycles. The van der Waals surface area contributed by atoms with E-state index >= 15 is 0 Å². The summed E-state index contributed by atoms with van der Waals surface area (Å²) in [5.41, 5.74) is -0.753. The van der Waals surface area contributed by atoms with Crippen LogP contribution in [0.15, 0.2) is 48.1 Å². The third-order valence-corrected chi connectivity index (χ3v) is 4.67. The van der Waals surface area contributed by atoms with E-state index in [4.69, 9.17) is 0 Å². The van der Waals surface area contributed by atoms with Crippen molar-refractivity contribution in [2.24, 2.45) is 0 Å². The van der Waals surface area contributed by atoms with E-state index in [1.807, 2.05) is 0 Å². The zero-order valence-electron chi connectivity index (χ0n) is 18.4. The van der Waals surface area contributed by atoms with Gasteiger partial charge in [-0.2, -0.15) is 74.6 Å². The predicted molar refractivity (Wildman–Crippen MR) is 96.0 cm³/mol. The first-order valence-electron chi connectivity index (χ1n) is 9.48. The molecule has 0 bridgehead atoms. The first kappa shape index (κ1) is 34.0. The van der Waals surface area contributed by atoms with E-state index in [1.165, 1.54) is 24.3 Å². The van der Waals surface area contributed by atoms with Gasteiger partial charge in [-0.05, 0) is 12.5 Å². The Hall–Kier alpha value is -3.02. The molecule has 1 rings (SSSR count). The van der Waals surface area contributed by atoms with E-state index in [9.17, 15) is 79.4 Å². The van der Waals surface area contributed by atoms with Gasteiger partial charge in [-0.3, -0.25) is 0 Å². The lowest BCUT2D eigenvalue weighted by Gasteiger charge is -2.42. The van der Waals surface area contributed by atoms with Crippen molar-refractivity contribution < 1.29 is 84.2 Å². The standard InChI is InChI=1S/C20H11F17O2/c1-10(6-5-9-11-7-3-2-4-8-11)12(38)39-20(36,37)18(31,32)16(27,28)14(23,24)13(21,22)15(25,26)17(29,30)19(33,34)35/h2-9H,1H3. The van der Waals surface area contributed by atoms with Crippen LogP contribution < -0.4 is 0 Å². The topological polar surface area (TPSA) is 26.3 Å². The number of carbonyl (C=O) groups is 1. The molecule has 0 atom stereocenters. The number of ether oxygens (including phenoxy) is 1. The molecule has 0 unspecified atom stereocenters. The molecule has 19 heteroatoms. The molecule has 222 valence electrons. The molecule has 0 aliphatic carbocycles. The van der Waals surface area contributed by atoms with Crippen LogP contribution in [0, 0.1) is 0 Å². The number of benzene rings is 1. The van der Waals surface area contributed by atoms with Crippen LogP contribution in [0.5, 0.6) is 0 Å². The van der Waals surface area contributed by atoms with Gasteiger partial charge >= 0.3 is 53.8 Å². The molecule has 0 amide bonds. The van der Waals surface area contributed by atoms with Crippen LogP contribution >= 0.6 is 0 Å². The van der Waals surface area contributed by atoms with Crippen molar-refractivity contribution in [1.82, 2.24) is 0 Å². The molecule has 0 radical (unpaired) electrons. The second-order valence-corrected chi connectivity index (χ2v) is 7.47. The lowest BCUT2D eigenvalue weighted by atomic mass is 9.90. The van der Waals surface area contributed by atoms with Crippen molar-refractivity contribution >= 4 is 12.0 Å². The fourth-order valence-electron chi connectivity index (χ4n) is 2.35. The van der Waals surface area contributed by atoms with Gasteiger partial charge in [-0.25, -0.2) is 4.79 Å². The quantitative estimate of drug-likeness (QED) is 0.116. The summed E-state index contributed by atoms with van der Waals surface area (Å²) in [6.07, 6.45) is -12.6. The maximum Gasteiger partial charge on any atom is 0.473 e. The summed E-state index contributed by atoms with van der Waals surface area (Å²) in [6.45, 7) is 0.507. The van der Waals surface area contributed by atoms with Gasteiger partial charge in [0, 0.05) is 5.57 Å². The largest absolute Gasteiger partial charge is 0.473 e. The van der Waals surface area contributed by atoms with E-state index in [2.05, 4.69) is 4.74 Å². The lowest BCUT2D eigenvalue weighted by molar-refractivity contribution is -0.473. The highest BCUT2D eigenvalue weighted by Crippen LogP contribution is 2.64. The second kappa shape index (κ2) is 10.2. The molecule has 0 heterocycles. The van der Waals surface area contributed by atoms with Gasteiger partial charge in [-0.15, -0.1) is 0 Å². The summed E-state index contributed by atoms with van der Waals surface area (Å²) in [6, 6.07) is 7.42. The number of rotatable bonds is 10. The Kier molecular flexibility index (Phi) is 8.88. The van der Waals surface area contributed by atoms with Crippen LogP contribution in [0.3, 0.4) is 0 Å². The lowest BCUT2D eigenvalue weighted by Crippen LogP contribution is -2.74. The first-order chi connectivity index (χ1) is 17.1. The Morgan fingerprint density at radius 1 is 0.615 bits per heavy atom. The molecule has 0 aromatic heterocycles. The summed E-state index contributed by atoms with van der Waals surface area (Å²) in [5.74, 6) is -53.7. The number of esters is 1. The summed E-state index contributed by atoms with van der Waals surface area (Å²) < 4.78 is 227. The first-order valence-corrected chi connectivity index (χ1v) is 9.48. The average Bonchev–Trinajstić information content (AvgIpc) is 2.77. The molecule has 0 spiro atoms. The number of allylic oxidation sites excluding steroid dienone is 2. The number of hydrogen-bond donors (Lipinski definition) is 0. The van der Waals surface area contributed by atoms with Crippen molar-refractivity contribution in [2.45, 2.75) is 54.7 Å². The van der Waals surface area contributed by atoms with Gasteiger partial charge in [0.2, 0.25) is 0 Å². The van der Waals surface area contributed by atoms with Crippen molar-refractivity contribution in [2.75, 3.05) is 0 Å². The van der Waals surface area contributed by atoms with E-state index < -0.39 is 59.4 Å². The highest BCUT2D eigenvalue weighted by atomic mass is 19.4. The highest BCUT2D eigenvalue weighted by Gasteiger charge is 2.95. The number of alkyl halides is 17. The predicted octanol–water partition coefficient (Wildman–Crippen LogP) is 8.16. The van der Waals surface area contributed by atoms with Gasteiger partial charge < -0.3 is 4.74 Å². The van der Waals surface area contributed by atoms with Crippen LogP contribution in [-0.4, -0.2) is 53.8 Å². The van der Waals surface area contributed by atoms with Gasteiger partial charge in [0.25, 0.3) is 0 Å².